The summed E-state index contributed by atoms with van der Waals surface area (Å²) in [5.74, 6) is -1.23. The van der Waals surface area contributed by atoms with E-state index < -0.39 is 11.6 Å². The Bertz CT molecular complexity index is 699. The minimum absolute atomic E-state index is 0.109. The van der Waals surface area contributed by atoms with E-state index in [4.69, 9.17) is 0 Å². The normalized spacial score (nSPS) is 15.4. The molecule has 0 radical (unpaired) electrons. The number of urea groups is 1. The molecular weight excluding hydrogens is 328 g/mol. The van der Waals surface area contributed by atoms with Gasteiger partial charge in [0, 0.05) is 26.2 Å². The first kappa shape index (κ1) is 17.3. The summed E-state index contributed by atoms with van der Waals surface area (Å²) in [5, 5.41) is 6.95. The van der Waals surface area contributed by atoms with Crippen molar-refractivity contribution in [1.82, 2.24) is 25.0 Å². The summed E-state index contributed by atoms with van der Waals surface area (Å²) in [7, 11) is 0. The predicted octanol–water partition coefficient (Wildman–Crippen LogP) is 2.22. The average Bonchev–Trinajstić information content (AvgIpc) is 3.11. The van der Waals surface area contributed by atoms with Crippen LogP contribution in [0.2, 0.25) is 0 Å². The molecule has 1 aliphatic heterocycles. The number of piperidine rings is 1. The number of nitrogens with one attached hydrogen (secondary N) is 1. The lowest BCUT2D eigenvalue weighted by Gasteiger charge is -2.31. The zero-order chi connectivity index (χ0) is 17.6. The van der Waals surface area contributed by atoms with Crippen LogP contribution in [0.3, 0.4) is 0 Å². The maximum atomic E-state index is 13.1. The second-order valence-corrected chi connectivity index (χ2v) is 6.28. The lowest BCUT2D eigenvalue weighted by molar-refractivity contribution is 0.164. The van der Waals surface area contributed by atoms with Crippen molar-refractivity contribution in [3.05, 3.63) is 48.1 Å². The second-order valence-electron chi connectivity index (χ2n) is 6.28. The molecule has 0 spiro atoms. The number of hydrogen-bond donors (Lipinski definition) is 1. The van der Waals surface area contributed by atoms with Crippen molar-refractivity contribution in [2.24, 2.45) is 5.92 Å². The third kappa shape index (κ3) is 4.74. The first-order chi connectivity index (χ1) is 12.1. The zero-order valence-electron chi connectivity index (χ0n) is 13.9. The van der Waals surface area contributed by atoms with E-state index in [0.717, 1.165) is 31.5 Å². The minimum Gasteiger partial charge on any atom is -0.338 e. The van der Waals surface area contributed by atoms with Crippen molar-refractivity contribution in [1.29, 1.82) is 0 Å². The summed E-state index contributed by atoms with van der Waals surface area (Å²) in [5.41, 5.74) is 0.658. The fourth-order valence-corrected chi connectivity index (χ4v) is 3.03. The predicted molar refractivity (Wildman–Crippen MR) is 87.8 cm³/mol. The lowest BCUT2D eigenvalue weighted by atomic mass is 9.97. The Labute approximate surface area is 144 Å². The maximum absolute atomic E-state index is 13.1. The van der Waals surface area contributed by atoms with Gasteiger partial charge >= 0.3 is 6.03 Å². The van der Waals surface area contributed by atoms with Gasteiger partial charge in [-0.1, -0.05) is 6.07 Å². The molecule has 3 rings (SSSR count). The highest BCUT2D eigenvalue weighted by atomic mass is 19.2. The molecule has 6 nitrogen and oxygen atoms in total. The van der Waals surface area contributed by atoms with Crippen molar-refractivity contribution in [3.63, 3.8) is 0 Å². The smallest absolute Gasteiger partial charge is 0.317 e. The SMILES string of the molecule is O=C(NCCc1ccc(F)c(F)c1)N1CCC(Cn2cncn2)CC1. The number of benzene rings is 1. The van der Waals surface area contributed by atoms with Crippen LogP contribution in [0.5, 0.6) is 0 Å². The zero-order valence-corrected chi connectivity index (χ0v) is 13.9. The topological polar surface area (TPSA) is 63.1 Å². The Balaban J connectivity index is 1.38. The van der Waals surface area contributed by atoms with E-state index in [0.29, 0.717) is 37.5 Å². The second kappa shape index (κ2) is 8.04. The molecular formula is C17H21F2N5O. The highest BCUT2D eigenvalue weighted by molar-refractivity contribution is 5.74. The number of rotatable bonds is 5. The van der Waals surface area contributed by atoms with Crippen LogP contribution in [0.15, 0.2) is 30.9 Å². The molecule has 2 aromatic rings. The number of hydrogen-bond acceptors (Lipinski definition) is 3. The number of amides is 2. The van der Waals surface area contributed by atoms with Crippen LogP contribution in [0, 0.1) is 17.6 Å². The van der Waals surface area contributed by atoms with Gasteiger partial charge in [-0.25, -0.2) is 18.6 Å². The quantitative estimate of drug-likeness (QED) is 0.900. The van der Waals surface area contributed by atoms with Gasteiger partial charge in [-0.2, -0.15) is 5.10 Å². The Morgan fingerprint density at radius 2 is 2.04 bits per heavy atom. The van der Waals surface area contributed by atoms with Crippen LogP contribution >= 0.6 is 0 Å². The summed E-state index contributed by atoms with van der Waals surface area (Å²) in [6.45, 7) is 2.63. The Morgan fingerprint density at radius 1 is 1.24 bits per heavy atom. The summed E-state index contributed by atoms with van der Waals surface area (Å²) < 4.78 is 27.9. The van der Waals surface area contributed by atoms with Gasteiger partial charge in [0.1, 0.15) is 12.7 Å². The summed E-state index contributed by atoms with van der Waals surface area (Å²) >= 11 is 0. The fourth-order valence-electron chi connectivity index (χ4n) is 3.03. The van der Waals surface area contributed by atoms with E-state index in [1.54, 1.807) is 11.2 Å². The molecule has 1 N–H and O–H groups in total. The standard InChI is InChI=1S/C17H21F2N5O/c18-15-2-1-13(9-16(15)19)3-6-21-17(25)23-7-4-14(5-8-23)10-24-12-20-11-22-24/h1-2,9,11-12,14H,3-8,10H2,(H,21,25). The Kier molecular flexibility index (Phi) is 5.57. The Morgan fingerprint density at radius 3 is 2.72 bits per heavy atom. The van der Waals surface area contributed by atoms with E-state index >= 15 is 0 Å². The first-order valence-electron chi connectivity index (χ1n) is 8.41. The number of halogens is 2. The van der Waals surface area contributed by atoms with Gasteiger partial charge in [-0.15, -0.1) is 0 Å². The summed E-state index contributed by atoms with van der Waals surface area (Å²) in [6, 6.07) is 3.69. The van der Waals surface area contributed by atoms with Crippen LogP contribution < -0.4 is 5.32 Å². The van der Waals surface area contributed by atoms with Crippen molar-refractivity contribution in [2.45, 2.75) is 25.8 Å². The molecule has 25 heavy (non-hydrogen) atoms. The average molecular weight is 349 g/mol. The number of nitrogens with zero attached hydrogens (tertiary/aromatic N) is 4. The summed E-state index contributed by atoms with van der Waals surface area (Å²) in [6.07, 6.45) is 5.55. The molecule has 8 heteroatoms. The molecule has 0 unspecified atom stereocenters. The number of carbonyl (C=O) groups is 1. The minimum atomic E-state index is -0.863. The van der Waals surface area contributed by atoms with Crippen molar-refractivity contribution < 1.29 is 13.6 Å². The van der Waals surface area contributed by atoms with E-state index in [1.165, 1.54) is 12.4 Å². The van der Waals surface area contributed by atoms with Crippen LogP contribution in [-0.2, 0) is 13.0 Å². The fraction of sp³-hybridized carbons (Fsp3) is 0.471. The highest BCUT2D eigenvalue weighted by Gasteiger charge is 2.23. The van der Waals surface area contributed by atoms with Crippen LogP contribution in [-0.4, -0.2) is 45.3 Å². The van der Waals surface area contributed by atoms with Gasteiger partial charge in [0.05, 0.1) is 0 Å². The summed E-state index contributed by atoms with van der Waals surface area (Å²) in [4.78, 5) is 17.9. The van der Waals surface area contributed by atoms with Crippen molar-refractivity contribution in [2.75, 3.05) is 19.6 Å². The number of aromatic nitrogens is 3. The van der Waals surface area contributed by atoms with Gasteiger partial charge in [-0.05, 0) is 42.9 Å². The molecule has 0 bridgehead atoms. The molecule has 134 valence electrons. The molecule has 1 aliphatic rings. The van der Waals surface area contributed by atoms with Crippen molar-refractivity contribution >= 4 is 6.03 Å². The molecule has 2 amide bonds. The first-order valence-corrected chi connectivity index (χ1v) is 8.41. The van der Waals surface area contributed by atoms with Gasteiger partial charge in [0.25, 0.3) is 0 Å². The molecule has 1 saturated heterocycles. The van der Waals surface area contributed by atoms with Gasteiger partial charge in [0.15, 0.2) is 11.6 Å². The molecule has 0 atom stereocenters. The Hall–Kier alpha value is -2.51. The molecule has 1 fully saturated rings. The van der Waals surface area contributed by atoms with Gasteiger partial charge in [0.2, 0.25) is 0 Å². The van der Waals surface area contributed by atoms with Crippen LogP contribution in [0.4, 0.5) is 13.6 Å². The number of likely N-dealkylation sites (tertiary alicyclic amines) is 1. The largest absolute Gasteiger partial charge is 0.338 e. The molecule has 1 aromatic heterocycles. The molecule has 1 aromatic carbocycles. The molecule has 0 aliphatic carbocycles. The molecule has 0 saturated carbocycles. The van der Waals surface area contributed by atoms with E-state index in [2.05, 4.69) is 15.4 Å². The third-order valence-corrected chi connectivity index (χ3v) is 4.49. The lowest BCUT2D eigenvalue weighted by Crippen LogP contribution is -2.45. The maximum Gasteiger partial charge on any atom is 0.317 e. The third-order valence-electron chi connectivity index (χ3n) is 4.49. The van der Waals surface area contributed by atoms with Gasteiger partial charge in [-0.3, -0.25) is 4.68 Å². The monoisotopic (exact) mass is 349 g/mol. The molecule has 2 heterocycles. The van der Waals surface area contributed by atoms with Crippen molar-refractivity contribution in [3.8, 4) is 0 Å². The van der Waals surface area contributed by atoms with Crippen LogP contribution in [0.25, 0.3) is 0 Å². The van der Waals surface area contributed by atoms with E-state index in [9.17, 15) is 13.6 Å². The highest BCUT2D eigenvalue weighted by Crippen LogP contribution is 2.18. The van der Waals surface area contributed by atoms with E-state index in [-0.39, 0.29) is 6.03 Å². The van der Waals surface area contributed by atoms with E-state index in [1.807, 2.05) is 4.68 Å². The number of carbonyl (C=O) groups excluding carboxylic acids is 1. The van der Waals surface area contributed by atoms with Crippen LogP contribution in [0.1, 0.15) is 18.4 Å². The van der Waals surface area contributed by atoms with Gasteiger partial charge < -0.3 is 10.2 Å².